The second kappa shape index (κ2) is 6.43. The molecule has 100 valence electrons. The molecule has 0 radical (unpaired) electrons. The summed E-state index contributed by atoms with van der Waals surface area (Å²) in [5, 5.41) is 0.309. The number of carbonyl (C=O) groups excluding carboxylic acids is 1. The summed E-state index contributed by atoms with van der Waals surface area (Å²) in [7, 11) is 0. The van der Waals surface area contributed by atoms with Crippen LogP contribution in [0.25, 0.3) is 0 Å². The molecule has 0 saturated heterocycles. The van der Waals surface area contributed by atoms with Gasteiger partial charge in [-0.2, -0.15) is 13.2 Å². The van der Waals surface area contributed by atoms with Crippen LogP contribution < -0.4 is 0 Å². The molecule has 7 heteroatoms. The van der Waals surface area contributed by atoms with E-state index < -0.39 is 10.3 Å². The molecule has 0 bridgehead atoms. The van der Waals surface area contributed by atoms with E-state index in [0.29, 0.717) is 10.9 Å². The van der Waals surface area contributed by atoms with Crippen molar-refractivity contribution in [2.24, 2.45) is 0 Å². The van der Waals surface area contributed by atoms with Crippen LogP contribution in [0.5, 0.6) is 0 Å². The molecule has 18 heavy (non-hydrogen) atoms. The number of rotatable bonds is 4. The molecule has 0 saturated carbocycles. The van der Waals surface area contributed by atoms with Gasteiger partial charge in [-0.25, -0.2) is 0 Å². The molecule has 0 aromatic heterocycles. The fraction of sp³-hybridized carbons (Fsp3) is 0.364. The molecule has 1 unspecified atom stereocenters. The van der Waals surface area contributed by atoms with Gasteiger partial charge in [0.1, 0.15) is 0 Å². The fourth-order valence-electron chi connectivity index (χ4n) is 1.27. The van der Waals surface area contributed by atoms with E-state index in [-0.39, 0.29) is 28.0 Å². The summed E-state index contributed by atoms with van der Waals surface area (Å²) in [6.45, 7) is 1.64. The van der Waals surface area contributed by atoms with Crippen molar-refractivity contribution >= 4 is 49.4 Å². The smallest absolute Gasteiger partial charge is 0.293 e. The Morgan fingerprint density at radius 1 is 1.44 bits per heavy atom. The van der Waals surface area contributed by atoms with Crippen LogP contribution in [-0.4, -0.2) is 16.1 Å². The molecule has 1 atom stereocenters. The Balaban J connectivity index is 3.13. The number of thioether (sulfide) groups is 1. The highest BCUT2D eigenvalue weighted by Crippen LogP contribution is 2.39. The van der Waals surface area contributed by atoms with E-state index >= 15 is 0 Å². The predicted molar refractivity (Wildman–Crippen MR) is 73.7 cm³/mol. The topological polar surface area (TPSA) is 17.1 Å². The third kappa shape index (κ3) is 4.59. The van der Waals surface area contributed by atoms with Gasteiger partial charge < -0.3 is 0 Å². The third-order valence-electron chi connectivity index (χ3n) is 2.08. The van der Waals surface area contributed by atoms with E-state index in [2.05, 4.69) is 31.9 Å². The Morgan fingerprint density at radius 2 is 2.06 bits per heavy atom. The highest BCUT2D eigenvalue weighted by molar-refractivity contribution is 9.10. The zero-order chi connectivity index (χ0) is 13.9. The monoisotopic (exact) mass is 404 g/mol. The SMILES string of the molecule is CC(Br)C(=O)c1ccc(CBr)c(SC(F)(F)F)c1. The maximum absolute atomic E-state index is 12.4. The van der Waals surface area contributed by atoms with Gasteiger partial charge in [-0.1, -0.05) is 44.0 Å². The number of alkyl halides is 5. The van der Waals surface area contributed by atoms with Crippen LogP contribution in [0.4, 0.5) is 13.2 Å². The van der Waals surface area contributed by atoms with Gasteiger partial charge in [-0.15, -0.1) is 0 Å². The Bertz CT molecular complexity index is 446. The van der Waals surface area contributed by atoms with Crippen molar-refractivity contribution in [1.29, 1.82) is 0 Å². The number of carbonyl (C=O) groups is 1. The molecular weight excluding hydrogens is 397 g/mol. The summed E-state index contributed by atoms with van der Waals surface area (Å²) < 4.78 is 37.2. The number of ketones is 1. The minimum atomic E-state index is -4.36. The minimum absolute atomic E-state index is 0.0541. The maximum Gasteiger partial charge on any atom is 0.446 e. The van der Waals surface area contributed by atoms with Crippen LogP contribution in [-0.2, 0) is 5.33 Å². The van der Waals surface area contributed by atoms with Crippen LogP contribution in [0.2, 0.25) is 0 Å². The standard InChI is InChI=1S/C11H9Br2F3OS/c1-6(13)10(17)7-2-3-8(5-12)9(4-7)18-11(14,15)16/h2-4,6H,5H2,1H3. The highest BCUT2D eigenvalue weighted by atomic mass is 79.9. The second-order valence-electron chi connectivity index (χ2n) is 3.48. The Labute approximate surface area is 124 Å². The van der Waals surface area contributed by atoms with Gasteiger partial charge in [0.15, 0.2) is 5.78 Å². The molecule has 0 heterocycles. The van der Waals surface area contributed by atoms with Gasteiger partial charge in [-0.3, -0.25) is 4.79 Å². The van der Waals surface area contributed by atoms with Gasteiger partial charge >= 0.3 is 5.51 Å². The molecule has 1 aromatic carbocycles. The molecule has 0 amide bonds. The largest absolute Gasteiger partial charge is 0.446 e. The summed E-state index contributed by atoms with van der Waals surface area (Å²) in [5.41, 5.74) is -3.58. The molecule has 1 aromatic rings. The number of Topliss-reactive ketones (excluding diaryl/α,β-unsaturated/α-hetero) is 1. The maximum atomic E-state index is 12.4. The average Bonchev–Trinajstić information content (AvgIpc) is 2.25. The van der Waals surface area contributed by atoms with Crippen LogP contribution in [0.3, 0.4) is 0 Å². The van der Waals surface area contributed by atoms with Crippen molar-refractivity contribution in [3.05, 3.63) is 29.3 Å². The first-order chi connectivity index (χ1) is 8.24. The summed E-state index contributed by atoms with van der Waals surface area (Å²) in [6.07, 6.45) is 0. The molecule has 1 rings (SSSR count). The molecule has 0 spiro atoms. The molecule has 0 aliphatic rings. The zero-order valence-corrected chi connectivity index (χ0v) is 13.2. The van der Waals surface area contributed by atoms with Crippen molar-refractivity contribution in [1.82, 2.24) is 0 Å². The van der Waals surface area contributed by atoms with Crippen molar-refractivity contribution in [2.45, 2.75) is 27.5 Å². The summed E-state index contributed by atoms with van der Waals surface area (Å²) in [5.74, 6) is -0.236. The van der Waals surface area contributed by atoms with E-state index in [9.17, 15) is 18.0 Å². The number of benzene rings is 1. The van der Waals surface area contributed by atoms with E-state index in [1.165, 1.54) is 18.2 Å². The summed E-state index contributed by atoms with van der Waals surface area (Å²) >= 11 is 6.04. The van der Waals surface area contributed by atoms with Crippen LogP contribution in [0, 0.1) is 0 Å². The zero-order valence-electron chi connectivity index (χ0n) is 9.22. The normalized spacial score (nSPS) is 13.4. The lowest BCUT2D eigenvalue weighted by Gasteiger charge is -2.11. The van der Waals surface area contributed by atoms with Gasteiger partial charge in [0.05, 0.1) is 4.83 Å². The summed E-state index contributed by atoms with van der Waals surface area (Å²) in [4.78, 5) is 11.3. The third-order valence-corrected chi connectivity index (χ3v) is 3.93. The number of halogens is 5. The van der Waals surface area contributed by atoms with Crippen molar-refractivity contribution in [3.63, 3.8) is 0 Å². The van der Waals surface area contributed by atoms with Crippen molar-refractivity contribution < 1.29 is 18.0 Å². The number of hydrogen-bond acceptors (Lipinski definition) is 2. The van der Waals surface area contributed by atoms with E-state index in [4.69, 9.17) is 0 Å². The Hall–Kier alpha value is -0.0100. The number of hydrogen-bond donors (Lipinski definition) is 0. The molecule has 0 N–H and O–H groups in total. The van der Waals surface area contributed by atoms with Crippen LogP contribution in [0.1, 0.15) is 22.8 Å². The van der Waals surface area contributed by atoms with Gasteiger partial charge in [0.25, 0.3) is 0 Å². The van der Waals surface area contributed by atoms with Crippen LogP contribution in [0.15, 0.2) is 23.1 Å². The highest BCUT2D eigenvalue weighted by Gasteiger charge is 2.30. The van der Waals surface area contributed by atoms with Crippen LogP contribution >= 0.6 is 43.6 Å². The lowest BCUT2D eigenvalue weighted by molar-refractivity contribution is -0.0328. The quantitative estimate of drug-likeness (QED) is 0.391. The lowest BCUT2D eigenvalue weighted by Crippen LogP contribution is -2.10. The fourth-order valence-corrected chi connectivity index (χ4v) is 2.91. The van der Waals surface area contributed by atoms with Gasteiger partial charge in [0.2, 0.25) is 0 Å². The first-order valence-electron chi connectivity index (χ1n) is 4.87. The van der Waals surface area contributed by atoms with Crippen molar-refractivity contribution in [2.75, 3.05) is 0 Å². The van der Waals surface area contributed by atoms with E-state index in [0.717, 1.165) is 0 Å². The summed E-state index contributed by atoms with van der Waals surface area (Å²) in [6, 6.07) is 4.36. The molecule has 1 nitrogen and oxygen atoms in total. The van der Waals surface area contributed by atoms with Gasteiger partial charge in [-0.05, 0) is 30.3 Å². The van der Waals surface area contributed by atoms with E-state index in [1.807, 2.05) is 0 Å². The minimum Gasteiger partial charge on any atom is -0.293 e. The second-order valence-corrected chi connectivity index (χ2v) is 6.53. The lowest BCUT2D eigenvalue weighted by atomic mass is 10.1. The van der Waals surface area contributed by atoms with Crippen molar-refractivity contribution in [3.8, 4) is 0 Å². The predicted octanol–water partition coefficient (Wildman–Crippen LogP) is 5.16. The Morgan fingerprint density at radius 3 is 2.50 bits per heavy atom. The first kappa shape index (κ1) is 16.0. The molecule has 0 fully saturated rings. The molecule has 0 aliphatic heterocycles. The molecular formula is C11H9Br2F3OS. The van der Waals surface area contributed by atoms with E-state index in [1.54, 1.807) is 6.92 Å². The van der Waals surface area contributed by atoms with Gasteiger partial charge in [0, 0.05) is 15.8 Å². The average molecular weight is 406 g/mol. The Kier molecular flexibility index (Phi) is 5.73. The molecule has 0 aliphatic carbocycles. The first-order valence-corrected chi connectivity index (χ1v) is 7.73.